The van der Waals surface area contributed by atoms with E-state index in [2.05, 4.69) is 17.4 Å². The molecule has 0 saturated carbocycles. The topological polar surface area (TPSA) is 25.2 Å². The van der Waals surface area contributed by atoms with Crippen molar-refractivity contribution in [2.45, 2.75) is 32.4 Å². The second-order valence-electron chi connectivity index (χ2n) is 5.47. The van der Waals surface area contributed by atoms with Gasteiger partial charge in [0.05, 0.1) is 0 Å². The van der Waals surface area contributed by atoms with E-state index in [4.69, 9.17) is 16.0 Å². The lowest BCUT2D eigenvalue weighted by atomic mass is 10.2. The van der Waals surface area contributed by atoms with Crippen molar-refractivity contribution in [1.82, 2.24) is 5.32 Å². The Morgan fingerprint density at radius 2 is 2.10 bits per heavy atom. The van der Waals surface area contributed by atoms with Gasteiger partial charge in [0.1, 0.15) is 5.58 Å². The maximum atomic E-state index is 6.21. The summed E-state index contributed by atoms with van der Waals surface area (Å²) in [5.41, 5.74) is 3.47. The lowest BCUT2D eigenvalue weighted by Gasteiger charge is -2.02. The van der Waals surface area contributed by atoms with Crippen molar-refractivity contribution in [3.05, 3.63) is 56.4 Å². The first-order chi connectivity index (χ1) is 10.3. The van der Waals surface area contributed by atoms with Gasteiger partial charge in [0, 0.05) is 33.8 Å². The lowest BCUT2D eigenvalue weighted by molar-refractivity contribution is 0.604. The van der Waals surface area contributed by atoms with Crippen LogP contribution < -0.4 is 5.32 Å². The molecule has 2 heterocycles. The van der Waals surface area contributed by atoms with Gasteiger partial charge in [-0.25, -0.2) is 0 Å². The van der Waals surface area contributed by atoms with E-state index in [9.17, 15) is 0 Å². The first-order valence-electron chi connectivity index (χ1n) is 7.28. The molecular weight excluding hydrogens is 302 g/mol. The van der Waals surface area contributed by atoms with E-state index < -0.39 is 0 Å². The summed E-state index contributed by atoms with van der Waals surface area (Å²) in [7, 11) is 0. The fourth-order valence-electron chi connectivity index (χ4n) is 3.02. The SMILES string of the molecule is Clc1oc2ccccc2c1CNCc1cc2c(s1)CCC2. The predicted molar refractivity (Wildman–Crippen MR) is 88.1 cm³/mol. The number of thiophene rings is 1. The molecule has 0 fully saturated rings. The Morgan fingerprint density at radius 1 is 1.19 bits per heavy atom. The highest BCUT2D eigenvalue weighted by atomic mass is 35.5. The average Bonchev–Trinajstić information content (AvgIpc) is 3.12. The number of hydrogen-bond acceptors (Lipinski definition) is 3. The number of halogens is 1. The van der Waals surface area contributed by atoms with Gasteiger partial charge in [-0.15, -0.1) is 11.3 Å². The molecule has 0 saturated heterocycles. The van der Waals surface area contributed by atoms with Crippen LogP contribution in [-0.4, -0.2) is 0 Å². The van der Waals surface area contributed by atoms with Crippen molar-refractivity contribution in [3.8, 4) is 0 Å². The molecule has 4 heteroatoms. The fraction of sp³-hybridized carbons (Fsp3) is 0.294. The Morgan fingerprint density at radius 3 is 3.00 bits per heavy atom. The van der Waals surface area contributed by atoms with E-state index >= 15 is 0 Å². The molecule has 0 radical (unpaired) electrons. The molecule has 4 rings (SSSR count). The summed E-state index contributed by atoms with van der Waals surface area (Å²) in [4.78, 5) is 3.00. The van der Waals surface area contributed by atoms with E-state index in [1.807, 2.05) is 29.5 Å². The van der Waals surface area contributed by atoms with Crippen LogP contribution in [-0.2, 0) is 25.9 Å². The number of hydrogen-bond donors (Lipinski definition) is 1. The quantitative estimate of drug-likeness (QED) is 0.738. The van der Waals surface area contributed by atoms with E-state index in [0.29, 0.717) is 5.22 Å². The molecule has 0 unspecified atom stereocenters. The fourth-order valence-corrected chi connectivity index (χ4v) is 4.50. The molecule has 0 aliphatic heterocycles. The molecular formula is C17H16ClNOS. The molecule has 1 aliphatic carbocycles. The van der Waals surface area contributed by atoms with Crippen LogP contribution in [0.2, 0.25) is 5.22 Å². The van der Waals surface area contributed by atoms with E-state index in [0.717, 1.165) is 29.6 Å². The van der Waals surface area contributed by atoms with Crippen LogP contribution in [0.3, 0.4) is 0 Å². The molecule has 1 aromatic carbocycles. The molecule has 1 N–H and O–H groups in total. The molecule has 0 bridgehead atoms. The molecule has 108 valence electrons. The van der Waals surface area contributed by atoms with Crippen LogP contribution in [0.5, 0.6) is 0 Å². The summed E-state index contributed by atoms with van der Waals surface area (Å²) in [6.07, 6.45) is 3.84. The number of benzene rings is 1. The van der Waals surface area contributed by atoms with Gasteiger partial charge in [-0.2, -0.15) is 0 Å². The van der Waals surface area contributed by atoms with Crippen molar-refractivity contribution in [1.29, 1.82) is 0 Å². The largest absolute Gasteiger partial charge is 0.444 e. The molecule has 21 heavy (non-hydrogen) atoms. The zero-order chi connectivity index (χ0) is 14.2. The minimum absolute atomic E-state index is 0.498. The van der Waals surface area contributed by atoms with Crippen molar-refractivity contribution in [2.24, 2.45) is 0 Å². The van der Waals surface area contributed by atoms with Gasteiger partial charge >= 0.3 is 0 Å². The Labute approximate surface area is 132 Å². The molecule has 3 aromatic rings. The number of furan rings is 1. The monoisotopic (exact) mass is 317 g/mol. The number of rotatable bonds is 4. The van der Waals surface area contributed by atoms with E-state index in [1.54, 1.807) is 10.4 Å². The van der Waals surface area contributed by atoms with Gasteiger partial charge in [0.25, 0.3) is 0 Å². The van der Waals surface area contributed by atoms with Crippen LogP contribution in [0.1, 0.15) is 27.3 Å². The molecule has 2 nitrogen and oxygen atoms in total. The molecule has 0 amide bonds. The normalized spacial score (nSPS) is 14.0. The van der Waals surface area contributed by atoms with Crippen LogP contribution in [0.4, 0.5) is 0 Å². The summed E-state index contributed by atoms with van der Waals surface area (Å²) in [6.45, 7) is 1.63. The second kappa shape index (κ2) is 5.48. The summed E-state index contributed by atoms with van der Waals surface area (Å²) >= 11 is 8.15. The summed E-state index contributed by atoms with van der Waals surface area (Å²) in [5.74, 6) is 0. The van der Waals surface area contributed by atoms with Crippen LogP contribution in [0.15, 0.2) is 34.7 Å². The maximum absolute atomic E-state index is 6.21. The number of para-hydroxylation sites is 1. The number of nitrogens with one attached hydrogen (secondary N) is 1. The van der Waals surface area contributed by atoms with E-state index in [-0.39, 0.29) is 0 Å². The zero-order valence-electron chi connectivity index (χ0n) is 11.6. The van der Waals surface area contributed by atoms with Crippen molar-refractivity contribution in [2.75, 3.05) is 0 Å². The summed E-state index contributed by atoms with van der Waals surface area (Å²) < 4.78 is 5.58. The van der Waals surface area contributed by atoms with Gasteiger partial charge in [-0.05, 0) is 48.6 Å². The highest BCUT2D eigenvalue weighted by molar-refractivity contribution is 7.12. The van der Waals surface area contributed by atoms with Crippen molar-refractivity contribution < 1.29 is 4.42 Å². The van der Waals surface area contributed by atoms with E-state index in [1.165, 1.54) is 24.1 Å². The van der Waals surface area contributed by atoms with Crippen molar-refractivity contribution >= 4 is 33.9 Å². The third kappa shape index (κ3) is 2.50. The third-order valence-corrected chi connectivity index (χ3v) is 5.59. The Balaban J connectivity index is 1.47. The lowest BCUT2D eigenvalue weighted by Crippen LogP contribution is -2.11. The number of fused-ring (bicyclic) bond motifs is 2. The Hall–Kier alpha value is -1.29. The minimum atomic E-state index is 0.498. The Kier molecular flexibility index (Phi) is 3.49. The molecule has 1 aliphatic rings. The number of aryl methyl sites for hydroxylation is 2. The van der Waals surface area contributed by atoms with Crippen molar-refractivity contribution in [3.63, 3.8) is 0 Å². The Bertz CT molecular complexity index is 768. The van der Waals surface area contributed by atoms with Crippen LogP contribution >= 0.6 is 22.9 Å². The molecule has 2 aromatic heterocycles. The predicted octanol–water partition coefficient (Wildman–Crippen LogP) is 4.93. The highest BCUT2D eigenvalue weighted by Gasteiger charge is 2.15. The first kappa shape index (κ1) is 13.4. The third-order valence-electron chi connectivity index (χ3n) is 4.05. The standard InChI is InChI=1S/C17H16ClNOS/c18-17-14(13-5-1-2-6-15(13)20-17)10-19-9-12-8-11-4-3-7-16(11)21-12/h1-2,5-6,8,19H,3-4,7,9-10H2. The summed E-state index contributed by atoms with van der Waals surface area (Å²) in [5, 5.41) is 5.09. The van der Waals surface area contributed by atoms with Crippen LogP contribution in [0, 0.1) is 0 Å². The summed E-state index contributed by atoms with van der Waals surface area (Å²) in [6, 6.07) is 10.3. The van der Waals surface area contributed by atoms with Gasteiger partial charge in [-0.3, -0.25) is 0 Å². The molecule has 0 atom stereocenters. The average molecular weight is 318 g/mol. The van der Waals surface area contributed by atoms with Gasteiger partial charge in [0.2, 0.25) is 0 Å². The minimum Gasteiger partial charge on any atom is -0.444 e. The van der Waals surface area contributed by atoms with Gasteiger partial charge in [0.15, 0.2) is 5.22 Å². The van der Waals surface area contributed by atoms with Gasteiger partial charge < -0.3 is 9.73 Å². The second-order valence-corrected chi connectivity index (χ2v) is 7.03. The van der Waals surface area contributed by atoms with Gasteiger partial charge in [-0.1, -0.05) is 18.2 Å². The zero-order valence-corrected chi connectivity index (χ0v) is 13.2. The van der Waals surface area contributed by atoms with Crippen LogP contribution in [0.25, 0.3) is 11.0 Å². The first-order valence-corrected chi connectivity index (χ1v) is 8.48. The maximum Gasteiger partial charge on any atom is 0.199 e. The molecule has 0 spiro atoms. The smallest absolute Gasteiger partial charge is 0.199 e. The highest BCUT2D eigenvalue weighted by Crippen LogP contribution is 2.31.